The standard InChI is InChI=1S/C21H26ClN3O/c1-16(19-9-5-6-10-20(19)22)23-13-21(26)24-18-11-12-25(15-18)14-17-7-3-2-4-8-17/h2-10,16,18,23H,11-15H2,1H3,(H,24,26)/p+2/t16-,18+/m1/s1. The van der Waals surface area contributed by atoms with Crippen LogP contribution in [-0.2, 0) is 11.3 Å². The molecule has 2 aromatic carbocycles. The molecule has 0 radical (unpaired) electrons. The Morgan fingerprint density at radius 3 is 2.73 bits per heavy atom. The summed E-state index contributed by atoms with van der Waals surface area (Å²) in [5, 5.41) is 5.99. The lowest BCUT2D eigenvalue weighted by Crippen LogP contribution is -3.09. The van der Waals surface area contributed by atoms with Gasteiger partial charge in [0.1, 0.15) is 12.6 Å². The van der Waals surface area contributed by atoms with Gasteiger partial charge in [-0.05, 0) is 13.0 Å². The van der Waals surface area contributed by atoms with Gasteiger partial charge in [-0.25, -0.2) is 0 Å². The largest absolute Gasteiger partial charge is 0.343 e. The molecule has 138 valence electrons. The molecule has 0 bridgehead atoms. The number of benzene rings is 2. The molecule has 0 spiro atoms. The van der Waals surface area contributed by atoms with Crippen LogP contribution in [0, 0.1) is 0 Å². The molecule has 0 saturated carbocycles. The van der Waals surface area contributed by atoms with Crippen molar-refractivity contribution in [3.63, 3.8) is 0 Å². The van der Waals surface area contributed by atoms with E-state index in [0.29, 0.717) is 6.54 Å². The number of rotatable bonds is 7. The highest BCUT2D eigenvalue weighted by molar-refractivity contribution is 6.31. The SMILES string of the molecule is C[C@@H]([NH2+]CC(=O)N[C@H]1CC[NH+](Cc2ccccc2)C1)c1ccccc1Cl. The number of halogens is 1. The molecule has 1 unspecified atom stereocenters. The van der Waals surface area contributed by atoms with Crippen LogP contribution in [0.25, 0.3) is 0 Å². The number of likely N-dealkylation sites (tertiary alicyclic amines) is 1. The fraction of sp³-hybridized carbons (Fsp3) is 0.381. The predicted octanol–water partition coefficient (Wildman–Crippen LogP) is 0.938. The van der Waals surface area contributed by atoms with Crippen LogP contribution < -0.4 is 15.5 Å². The van der Waals surface area contributed by atoms with Crippen molar-refractivity contribution in [3.8, 4) is 0 Å². The third-order valence-corrected chi connectivity index (χ3v) is 5.44. The Hall–Kier alpha value is -1.88. The van der Waals surface area contributed by atoms with Gasteiger partial charge in [0, 0.05) is 22.6 Å². The van der Waals surface area contributed by atoms with Gasteiger partial charge < -0.3 is 15.5 Å². The number of amides is 1. The van der Waals surface area contributed by atoms with Crippen molar-refractivity contribution in [2.75, 3.05) is 19.6 Å². The minimum atomic E-state index is 0.106. The molecule has 1 amide bonds. The molecular weight excluding hydrogens is 346 g/mol. The first-order chi connectivity index (χ1) is 12.6. The van der Waals surface area contributed by atoms with E-state index in [-0.39, 0.29) is 18.0 Å². The smallest absolute Gasteiger partial charge is 0.275 e. The van der Waals surface area contributed by atoms with E-state index in [1.54, 1.807) is 0 Å². The zero-order valence-electron chi connectivity index (χ0n) is 15.2. The molecule has 2 aromatic rings. The van der Waals surface area contributed by atoms with E-state index in [9.17, 15) is 4.79 Å². The Morgan fingerprint density at radius 2 is 1.96 bits per heavy atom. The van der Waals surface area contributed by atoms with Crippen LogP contribution in [0.4, 0.5) is 0 Å². The normalized spacial score (nSPS) is 20.7. The fourth-order valence-electron chi connectivity index (χ4n) is 3.64. The van der Waals surface area contributed by atoms with Gasteiger partial charge in [0.15, 0.2) is 6.54 Å². The first kappa shape index (κ1) is 18.9. The number of nitrogens with one attached hydrogen (secondary N) is 2. The first-order valence-electron chi connectivity index (χ1n) is 9.36. The molecule has 1 aliphatic rings. The van der Waals surface area contributed by atoms with E-state index in [4.69, 9.17) is 11.6 Å². The van der Waals surface area contributed by atoms with Crippen LogP contribution in [0.15, 0.2) is 54.6 Å². The predicted molar refractivity (Wildman–Crippen MR) is 104 cm³/mol. The van der Waals surface area contributed by atoms with Crippen molar-refractivity contribution in [2.45, 2.75) is 32.0 Å². The summed E-state index contributed by atoms with van der Waals surface area (Å²) >= 11 is 6.23. The molecule has 0 aromatic heterocycles. The van der Waals surface area contributed by atoms with Crippen molar-refractivity contribution in [2.24, 2.45) is 0 Å². The molecule has 4 nitrogen and oxygen atoms in total. The summed E-state index contributed by atoms with van der Waals surface area (Å²) in [6.07, 6.45) is 1.05. The van der Waals surface area contributed by atoms with Gasteiger partial charge in [0.05, 0.1) is 19.1 Å². The molecule has 1 aliphatic heterocycles. The minimum Gasteiger partial charge on any atom is -0.343 e. The van der Waals surface area contributed by atoms with Crippen LogP contribution >= 0.6 is 11.6 Å². The average Bonchev–Trinajstić information content (AvgIpc) is 3.07. The zero-order chi connectivity index (χ0) is 18.4. The van der Waals surface area contributed by atoms with Crippen LogP contribution in [-0.4, -0.2) is 31.6 Å². The number of carbonyl (C=O) groups excluding carboxylic acids is 1. The van der Waals surface area contributed by atoms with Gasteiger partial charge in [-0.15, -0.1) is 0 Å². The molecule has 1 heterocycles. The van der Waals surface area contributed by atoms with Crippen LogP contribution in [0.1, 0.15) is 30.5 Å². The van der Waals surface area contributed by atoms with Gasteiger partial charge in [0.25, 0.3) is 5.91 Å². The fourth-order valence-corrected chi connectivity index (χ4v) is 3.95. The van der Waals surface area contributed by atoms with Crippen molar-refractivity contribution in [1.29, 1.82) is 0 Å². The quantitative estimate of drug-likeness (QED) is 0.664. The van der Waals surface area contributed by atoms with Crippen LogP contribution in [0.3, 0.4) is 0 Å². The lowest BCUT2D eigenvalue weighted by molar-refractivity contribution is -0.901. The molecule has 5 heteroatoms. The highest BCUT2D eigenvalue weighted by atomic mass is 35.5. The Labute approximate surface area is 160 Å². The summed E-state index contributed by atoms with van der Waals surface area (Å²) in [6, 6.07) is 18.8. The lowest BCUT2D eigenvalue weighted by Gasteiger charge is -2.15. The van der Waals surface area contributed by atoms with Crippen molar-refractivity contribution in [3.05, 3.63) is 70.7 Å². The van der Waals surface area contributed by atoms with Gasteiger partial charge in [-0.3, -0.25) is 4.79 Å². The monoisotopic (exact) mass is 373 g/mol. The van der Waals surface area contributed by atoms with Crippen molar-refractivity contribution < 1.29 is 15.0 Å². The Balaban J connectivity index is 1.41. The molecule has 1 saturated heterocycles. The Kier molecular flexibility index (Phi) is 6.67. The van der Waals surface area contributed by atoms with Crippen LogP contribution in [0.5, 0.6) is 0 Å². The second-order valence-electron chi connectivity index (χ2n) is 7.17. The highest BCUT2D eigenvalue weighted by Gasteiger charge is 2.27. The first-order valence-corrected chi connectivity index (χ1v) is 9.74. The van der Waals surface area contributed by atoms with Crippen molar-refractivity contribution in [1.82, 2.24) is 5.32 Å². The zero-order valence-corrected chi connectivity index (χ0v) is 16.0. The maximum absolute atomic E-state index is 12.3. The molecule has 3 rings (SSSR count). The summed E-state index contributed by atoms with van der Waals surface area (Å²) < 4.78 is 0. The molecule has 3 atom stereocenters. The topological polar surface area (TPSA) is 50.1 Å². The number of carbonyl (C=O) groups is 1. The third-order valence-electron chi connectivity index (χ3n) is 5.10. The summed E-state index contributed by atoms with van der Waals surface area (Å²) in [4.78, 5) is 13.8. The van der Waals surface area contributed by atoms with Gasteiger partial charge in [-0.1, -0.05) is 60.1 Å². The number of quaternary nitrogens is 2. The Bertz CT molecular complexity index is 722. The molecule has 26 heavy (non-hydrogen) atoms. The molecule has 4 N–H and O–H groups in total. The van der Waals surface area contributed by atoms with E-state index in [2.05, 4.69) is 36.5 Å². The van der Waals surface area contributed by atoms with Gasteiger partial charge in [-0.2, -0.15) is 0 Å². The molecule has 1 fully saturated rings. The second-order valence-corrected chi connectivity index (χ2v) is 7.58. The molecular formula is C21H28ClN3O+2. The maximum Gasteiger partial charge on any atom is 0.275 e. The second kappa shape index (κ2) is 9.17. The number of hydrogen-bond donors (Lipinski definition) is 3. The average molecular weight is 374 g/mol. The summed E-state index contributed by atoms with van der Waals surface area (Å²) in [7, 11) is 0. The minimum absolute atomic E-state index is 0.106. The van der Waals surface area contributed by atoms with Gasteiger partial charge in [0.2, 0.25) is 0 Å². The number of nitrogens with two attached hydrogens (primary N) is 1. The maximum atomic E-state index is 12.3. The Morgan fingerprint density at radius 1 is 1.23 bits per heavy atom. The summed E-state index contributed by atoms with van der Waals surface area (Å²) in [6.45, 7) is 5.65. The van der Waals surface area contributed by atoms with E-state index in [1.165, 1.54) is 10.5 Å². The lowest BCUT2D eigenvalue weighted by atomic mass is 10.1. The van der Waals surface area contributed by atoms with E-state index in [0.717, 1.165) is 36.6 Å². The summed E-state index contributed by atoms with van der Waals surface area (Å²) in [5.74, 6) is 0.106. The van der Waals surface area contributed by atoms with E-state index >= 15 is 0 Å². The van der Waals surface area contributed by atoms with E-state index in [1.807, 2.05) is 35.6 Å². The third kappa shape index (κ3) is 5.31. The van der Waals surface area contributed by atoms with Crippen molar-refractivity contribution >= 4 is 17.5 Å². The molecule has 0 aliphatic carbocycles. The van der Waals surface area contributed by atoms with E-state index < -0.39 is 0 Å². The van der Waals surface area contributed by atoms with Crippen LogP contribution in [0.2, 0.25) is 5.02 Å². The number of hydrogen-bond acceptors (Lipinski definition) is 1. The highest BCUT2D eigenvalue weighted by Crippen LogP contribution is 2.19. The summed E-state index contributed by atoms with van der Waals surface area (Å²) in [5.41, 5.74) is 2.43. The van der Waals surface area contributed by atoms with Gasteiger partial charge >= 0.3 is 0 Å².